The lowest BCUT2D eigenvalue weighted by molar-refractivity contribution is -0.126. The lowest BCUT2D eigenvalue weighted by Gasteiger charge is -2.33. The van der Waals surface area contributed by atoms with Crippen molar-refractivity contribution in [3.63, 3.8) is 0 Å². The Morgan fingerprint density at radius 2 is 2.36 bits per heavy atom. The van der Waals surface area contributed by atoms with Crippen LogP contribution >= 0.6 is 11.3 Å². The van der Waals surface area contributed by atoms with E-state index < -0.39 is 0 Å². The molecule has 2 aromatic rings. The van der Waals surface area contributed by atoms with Crippen LogP contribution in [0.2, 0.25) is 0 Å². The maximum Gasteiger partial charge on any atom is 0.246 e. The summed E-state index contributed by atoms with van der Waals surface area (Å²) in [6.07, 6.45) is 1.77. The van der Waals surface area contributed by atoms with Crippen molar-refractivity contribution in [3.8, 4) is 0 Å². The van der Waals surface area contributed by atoms with Crippen LogP contribution in [0.5, 0.6) is 0 Å². The van der Waals surface area contributed by atoms with E-state index in [1.165, 1.54) is 4.88 Å². The molecule has 1 atom stereocenters. The summed E-state index contributed by atoms with van der Waals surface area (Å²) < 4.78 is 1.85. The fourth-order valence-electron chi connectivity index (χ4n) is 2.74. The number of fused-ring (bicyclic) bond motifs is 1. The highest BCUT2D eigenvalue weighted by Crippen LogP contribution is 2.24. The lowest BCUT2D eigenvalue weighted by Crippen LogP contribution is -2.46. The van der Waals surface area contributed by atoms with Crippen LogP contribution in [-0.4, -0.2) is 38.2 Å². The molecule has 0 unspecified atom stereocenters. The molecule has 2 aromatic heterocycles. The van der Waals surface area contributed by atoms with Crippen LogP contribution in [0, 0.1) is 6.92 Å². The third kappa shape index (κ3) is 3.05. The third-order valence-corrected chi connectivity index (χ3v) is 4.73. The normalized spacial score (nSPS) is 18.5. The molecule has 1 amide bonds. The largest absolute Gasteiger partial charge is 0.352 e. The second kappa shape index (κ2) is 6.18. The first-order valence-corrected chi connectivity index (χ1v) is 8.36. The van der Waals surface area contributed by atoms with Crippen molar-refractivity contribution in [3.05, 3.63) is 34.0 Å². The molecule has 0 spiro atoms. The minimum atomic E-state index is -0.269. The predicted octanol–water partition coefficient (Wildman–Crippen LogP) is 1.73. The Morgan fingerprint density at radius 1 is 1.55 bits per heavy atom. The Bertz CT molecular complexity index is 662. The van der Waals surface area contributed by atoms with Gasteiger partial charge in [0, 0.05) is 36.8 Å². The van der Waals surface area contributed by atoms with Gasteiger partial charge in [0.25, 0.3) is 0 Å². The van der Waals surface area contributed by atoms with Gasteiger partial charge in [-0.15, -0.1) is 11.3 Å². The number of amides is 1. The quantitative estimate of drug-likeness (QED) is 0.932. The number of aryl methyl sites for hydroxylation is 1. The molecule has 0 aromatic carbocycles. The van der Waals surface area contributed by atoms with Crippen LogP contribution in [-0.2, 0) is 17.9 Å². The van der Waals surface area contributed by atoms with Crippen LogP contribution in [0.4, 0.5) is 0 Å². The summed E-state index contributed by atoms with van der Waals surface area (Å²) in [5.41, 5.74) is 4.03. The maximum atomic E-state index is 12.5. The molecule has 3 rings (SSSR count). The Hall–Kier alpha value is -1.73. The highest BCUT2D eigenvalue weighted by atomic mass is 32.1. The van der Waals surface area contributed by atoms with E-state index in [4.69, 9.17) is 0 Å². The average Bonchev–Trinajstić information content (AvgIpc) is 3.07. The molecule has 22 heavy (non-hydrogen) atoms. The molecule has 0 saturated heterocycles. The minimum absolute atomic E-state index is 0.0330. The zero-order valence-electron chi connectivity index (χ0n) is 13.1. The molecule has 0 fully saturated rings. The number of hydrogen-bond donors (Lipinski definition) is 1. The fourth-order valence-corrected chi connectivity index (χ4v) is 3.56. The van der Waals surface area contributed by atoms with Crippen LogP contribution < -0.4 is 5.32 Å². The van der Waals surface area contributed by atoms with Crippen molar-refractivity contribution in [2.45, 2.75) is 45.9 Å². The predicted molar refractivity (Wildman–Crippen MR) is 85.5 cm³/mol. The van der Waals surface area contributed by atoms with Crippen molar-refractivity contribution in [1.29, 1.82) is 0 Å². The van der Waals surface area contributed by atoms with Gasteiger partial charge in [-0.2, -0.15) is 5.10 Å². The zero-order valence-corrected chi connectivity index (χ0v) is 13.9. The van der Waals surface area contributed by atoms with Crippen LogP contribution in [0.3, 0.4) is 0 Å². The SMILES string of the molecule is Cc1ncsc1CN1Cc2ccnn2[C@H](C(=O)NC(C)C)C1. The molecule has 0 saturated carbocycles. The van der Waals surface area contributed by atoms with E-state index in [2.05, 4.69) is 20.3 Å². The standard InChI is InChI=1S/C15H21N5OS/c1-10(2)18-15(21)13-7-19(6-12-4-5-17-20(12)13)8-14-11(3)16-9-22-14/h4-5,9-10,13H,6-8H2,1-3H3,(H,18,21)/t13-/m0/s1. The van der Waals surface area contributed by atoms with E-state index >= 15 is 0 Å². The Labute approximate surface area is 134 Å². The summed E-state index contributed by atoms with van der Waals surface area (Å²) in [4.78, 5) is 20.3. The fraction of sp³-hybridized carbons (Fsp3) is 0.533. The number of hydrogen-bond acceptors (Lipinski definition) is 5. The van der Waals surface area contributed by atoms with E-state index in [0.29, 0.717) is 6.54 Å². The minimum Gasteiger partial charge on any atom is -0.352 e. The van der Waals surface area contributed by atoms with Gasteiger partial charge in [0.1, 0.15) is 6.04 Å². The number of aromatic nitrogens is 3. The van der Waals surface area contributed by atoms with Crippen LogP contribution in [0.15, 0.2) is 17.8 Å². The third-order valence-electron chi connectivity index (χ3n) is 3.81. The summed E-state index contributed by atoms with van der Waals surface area (Å²) >= 11 is 1.67. The smallest absolute Gasteiger partial charge is 0.246 e. The van der Waals surface area contributed by atoms with E-state index in [-0.39, 0.29) is 18.0 Å². The van der Waals surface area contributed by atoms with Gasteiger partial charge >= 0.3 is 0 Å². The van der Waals surface area contributed by atoms with Gasteiger partial charge in [-0.25, -0.2) is 4.98 Å². The summed E-state index contributed by atoms with van der Waals surface area (Å²) in [6.45, 7) is 8.29. The Kier molecular flexibility index (Phi) is 4.26. The molecule has 1 aliphatic rings. The molecule has 3 heterocycles. The number of carbonyl (C=O) groups is 1. The van der Waals surface area contributed by atoms with Crippen molar-refractivity contribution in [2.24, 2.45) is 0 Å². The van der Waals surface area contributed by atoms with Gasteiger partial charge in [-0.3, -0.25) is 14.4 Å². The van der Waals surface area contributed by atoms with Gasteiger partial charge in [-0.1, -0.05) is 0 Å². The van der Waals surface area contributed by atoms with E-state index in [1.807, 2.05) is 37.0 Å². The first kappa shape index (κ1) is 15.2. The molecular formula is C15H21N5OS. The molecule has 1 aliphatic heterocycles. The molecule has 6 nitrogen and oxygen atoms in total. The number of thiazole rings is 1. The van der Waals surface area contributed by atoms with Crippen molar-refractivity contribution in [1.82, 2.24) is 25.0 Å². The van der Waals surface area contributed by atoms with Gasteiger partial charge in [0.2, 0.25) is 5.91 Å². The maximum absolute atomic E-state index is 12.5. The van der Waals surface area contributed by atoms with E-state index in [9.17, 15) is 4.79 Å². The average molecular weight is 319 g/mol. The summed E-state index contributed by atoms with van der Waals surface area (Å²) in [5, 5.41) is 7.33. The molecule has 0 bridgehead atoms. The number of rotatable bonds is 4. The van der Waals surface area contributed by atoms with Crippen LogP contribution in [0.25, 0.3) is 0 Å². The van der Waals surface area contributed by atoms with Crippen molar-refractivity contribution in [2.75, 3.05) is 6.54 Å². The highest BCUT2D eigenvalue weighted by Gasteiger charge is 2.31. The lowest BCUT2D eigenvalue weighted by atomic mass is 10.1. The second-order valence-electron chi connectivity index (χ2n) is 5.98. The van der Waals surface area contributed by atoms with Gasteiger partial charge in [0.15, 0.2) is 0 Å². The molecule has 118 valence electrons. The number of carbonyl (C=O) groups excluding carboxylic acids is 1. The molecular weight excluding hydrogens is 298 g/mol. The molecule has 1 N–H and O–H groups in total. The topological polar surface area (TPSA) is 63.1 Å². The highest BCUT2D eigenvalue weighted by molar-refractivity contribution is 7.09. The Balaban J connectivity index is 1.79. The van der Waals surface area contributed by atoms with E-state index in [1.54, 1.807) is 17.5 Å². The first-order valence-electron chi connectivity index (χ1n) is 7.48. The van der Waals surface area contributed by atoms with Gasteiger partial charge < -0.3 is 5.32 Å². The van der Waals surface area contributed by atoms with E-state index in [0.717, 1.165) is 24.5 Å². The van der Waals surface area contributed by atoms with Crippen molar-refractivity contribution >= 4 is 17.2 Å². The van der Waals surface area contributed by atoms with Gasteiger partial charge in [-0.05, 0) is 26.8 Å². The second-order valence-corrected chi connectivity index (χ2v) is 6.92. The van der Waals surface area contributed by atoms with Crippen molar-refractivity contribution < 1.29 is 4.79 Å². The van der Waals surface area contributed by atoms with Crippen LogP contribution in [0.1, 0.15) is 36.2 Å². The monoisotopic (exact) mass is 319 g/mol. The molecule has 7 heteroatoms. The summed E-state index contributed by atoms with van der Waals surface area (Å²) in [7, 11) is 0. The molecule has 0 aliphatic carbocycles. The Morgan fingerprint density at radius 3 is 3.05 bits per heavy atom. The number of nitrogens with one attached hydrogen (secondary N) is 1. The molecule has 0 radical (unpaired) electrons. The summed E-state index contributed by atoms with van der Waals surface area (Å²) in [5.74, 6) is 0.0330. The zero-order chi connectivity index (χ0) is 15.7. The first-order chi connectivity index (χ1) is 10.5. The number of nitrogens with zero attached hydrogens (tertiary/aromatic N) is 4. The van der Waals surface area contributed by atoms with Gasteiger partial charge in [0.05, 0.1) is 16.9 Å². The summed E-state index contributed by atoms with van der Waals surface area (Å²) in [6, 6.07) is 1.85.